The zero-order valence-electron chi connectivity index (χ0n) is 24.3. The van der Waals surface area contributed by atoms with E-state index < -0.39 is 15.9 Å². The van der Waals surface area contributed by atoms with E-state index in [0.717, 1.165) is 22.4 Å². The summed E-state index contributed by atoms with van der Waals surface area (Å²) in [7, 11) is -3.73. The number of amides is 1. The molecule has 1 aromatic heterocycles. The Bertz CT molecular complexity index is 2080. The molecule has 3 heterocycles. The lowest BCUT2D eigenvalue weighted by Crippen LogP contribution is -2.48. The molecule has 0 radical (unpaired) electrons. The molecular weight excluding hydrogens is 574 g/mol. The van der Waals surface area contributed by atoms with Gasteiger partial charge >= 0.3 is 0 Å². The third kappa shape index (κ3) is 4.37. The van der Waals surface area contributed by atoms with Crippen LogP contribution in [0.25, 0.3) is 5.69 Å². The lowest BCUT2D eigenvalue weighted by Gasteiger charge is -2.40. The number of fused-ring (bicyclic) bond motifs is 4. The Balaban J connectivity index is 1.35. The van der Waals surface area contributed by atoms with Gasteiger partial charge in [0.1, 0.15) is 5.75 Å². The summed E-state index contributed by atoms with van der Waals surface area (Å²) in [6.45, 7) is 6.00. The highest BCUT2D eigenvalue weighted by Crippen LogP contribution is 2.47. The zero-order valence-corrected chi connectivity index (χ0v) is 25.1. The molecule has 44 heavy (non-hydrogen) atoms. The Morgan fingerprint density at radius 2 is 1.57 bits per heavy atom. The molecule has 9 nitrogen and oxygen atoms in total. The maximum Gasteiger partial charge on any atom is 0.291 e. The van der Waals surface area contributed by atoms with Crippen LogP contribution in [0.15, 0.2) is 112 Å². The first-order valence-corrected chi connectivity index (χ1v) is 15.7. The summed E-state index contributed by atoms with van der Waals surface area (Å²) in [6.07, 6.45) is 0. The Kier molecular flexibility index (Phi) is 6.40. The molecule has 2 aliphatic heterocycles. The van der Waals surface area contributed by atoms with Crippen molar-refractivity contribution in [3.63, 3.8) is 0 Å². The van der Waals surface area contributed by atoms with Gasteiger partial charge in [-0.05, 0) is 84.6 Å². The van der Waals surface area contributed by atoms with E-state index in [2.05, 4.69) is 19.2 Å². The number of phenols is 1. The molecule has 0 bridgehead atoms. The summed E-state index contributed by atoms with van der Waals surface area (Å²) in [4.78, 5) is 20.5. The quantitative estimate of drug-likeness (QED) is 0.239. The molecule has 0 unspecified atom stereocenters. The van der Waals surface area contributed by atoms with Gasteiger partial charge in [0, 0.05) is 5.56 Å². The summed E-state index contributed by atoms with van der Waals surface area (Å²) >= 11 is 0. The normalized spacial score (nSPS) is 15.7. The minimum atomic E-state index is -3.73. The van der Waals surface area contributed by atoms with Crippen molar-refractivity contribution in [1.82, 2.24) is 9.78 Å². The van der Waals surface area contributed by atoms with Crippen molar-refractivity contribution in [2.24, 2.45) is 4.99 Å². The molecule has 10 heteroatoms. The first-order chi connectivity index (χ1) is 21.1. The predicted molar refractivity (Wildman–Crippen MR) is 169 cm³/mol. The molecule has 0 saturated carbocycles. The first kappa shape index (κ1) is 27.6. The Morgan fingerprint density at radius 3 is 2.25 bits per heavy atom. The number of carbonyl (C=O) groups excluding carboxylic acids is 1. The molecule has 4 aromatic carbocycles. The van der Waals surface area contributed by atoms with Gasteiger partial charge in [-0.1, -0.05) is 50.2 Å². The van der Waals surface area contributed by atoms with Gasteiger partial charge in [-0.15, -0.1) is 0 Å². The van der Waals surface area contributed by atoms with Gasteiger partial charge in [0.2, 0.25) is 15.7 Å². The van der Waals surface area contributed by atoms with Crippen LogP contribution in [0.1, 0.15) is 48.2 Å². The second-order valence-corrected chi connectivity index (χ2v) is 13.2. The fourth-order valence-electron chi connectivity index (χ4n) is 5.87. The minimum absolute atomic E-state index is 0.101. The summed E-state index contributed by atoms with van der Waals surface area (Å²) < 4.78 is 28.4. The topological polar surface area (TPSA) is 117 Å². The number of hydrogen-bond acceptors (Lipinski definition) is 7. The van der Waals surface area contributed by atoms with Crippen LogP contribution in [0, 0.1) is 6.92 Å². The van der Waals surface area contributed by atoms with Crippen molar-refractivity contribution in [2.45, 2.75) is 42.5 Å². The Morgan fingerprint density at radius 1 is 0.886 bits per heavy atom. The summed E-state index contributed by atoms with van der Waals surface area (Å²) in [5.74, 6) is 0.677. The number of hydrogen-bond donors (Lipinski definition) is 2. The van der Waals surface area contributed by atoms with Crippen LogP contribution in [-0.2, 0) is 14.6 Å². The number of aliphatic imine (C=N–C) groups is 1. The van der Waals surface area contributed by atoms with Crippen molar-refractivity contribution in [3.8, 4) is 11.4 Å². The molecule has 7 rings (SSSR count). The number of nitrogens with one attached hydrogen (secondary N) is 1. The standard InChI is InChI=1S/C34H29N5O4S/c1-20(2)22-11-15-26(16-12-22)44(42,43)27-17-13-24(14-18-27)39-32-30(21(3)37-39)31(23-7-6-8-25(40)19-23)38-29-10-5-4-9-28(29)35-34(41)33(38)36-32/h4-20,31,40H,1-3H3,(H,35,41)/t31-/m0/s1. The average molecular weight is 604 g/mol. The van der Waals surface area contributed by atoms with Crippen LogP contribution in [0.5, 0.6) is 5.75 Å². The fraction of sp³-hybridized carbons (Fsp3) is 0.147. The average Bonchev–Trinajstić information content (AvgIpc) is 3.36. The summed E-state index contributed by atoms with van der Waals surface area (Å²) in [5.41, 5.74) is 5.30. The molecule has 220 valence electrons. The van der Waals surface area contributed by atoms with E-state index in [1.165, 1.54) is 0 Å². The molecule has 2 aliphatic rings. The van der Waals surface area contributed by atoms with Gasteiger partial charge in [-0.25, -0.2) is 18.1 Å². The lowest BCUT2D eigenvalue weighted by atomic mass is 9.93. The SMILES string of the molecule is Cc1nn(-c2ccc(S(=O)(=O)c3ccc(C(C)C)cc3)cc2)c2c1[C@H](c1cccc(O)c1)N1C(=N2)C(=O)Nc2ccccc21. The van der Waals surface area contributed by atoms with E-state index in [4.69, 9.17) is 10.1 Å². The van der Waals surface area contributed by atoms with E-state index in [0.29, 0.717) is 28.8 Å². The van der Waals surface area contributed by atoms with Gasteiger partial charge in [0.25, 0.3) is 5.91 Å². The van der Waals surface area contributed by atoms with E-state index >= 15 is 0 Å². The third-order valence-corrected chi connectivity index (χ3v) is 9.89. The molecular formula is C34H29N5O4S. The van der Waals surface area contributed by atoms with Crippen molar-refractivity contribution in [2.75, 3.05) is 10.2 Å². The van der Waals surface area contributed by atoms with Crippen LogP contribution in [0.4, 0.5) is 17.2 Å². The van der Waals surface area contributed by atoms with Gasteiger partial charge in [-0.2, -0.15) is 5.10 Å². The number of aromatic nitrogens is 2. The Labute approximate surface area is 255 Å². The number of aromatic hydroxyl groups is 1. The van der Waals surface area contributed by atoms with E-state index in [1.807, 2.05) is 54.3 Å². The molecule has 5 aromatic rings. The van der Waals surface area contributed by atoms with Crippen molar-refractivity contribution >= 4 is 38.8 Å². The van der Waals surface area contributed by atoms with E-state index in [1.54, 1.807) is 59.3 Å². The molecule has 0 fully saturated rings. The molecule has 2 N–H and O–H groups in total. The van der Waals surface area contributed by atoms with Crippen LogP contribution in [-0.4, -0.2) is 35.0 Å². The van der Waals surface area contributed by atoms with Crippen molar-refractivity contribution < 1.29 is 18.3 Å². The maximum absolute atomic E-state index is 13.4. The number of aryl methyl sites for hydroxylation is 1. The summed E-state index contributed by atoms with van der Waals surface area (Å²) in [5, 5.41) is 18.1. The molecule has 1 atom stereocenters. The predicted octanol–water partition coefficient (Wildman–Crippen LogP) is 6.43. The van der Waals surface area contributed by atoms with E-state index in [9.17, 15) is 18.3 Å². The number of benzene rings is 4. The van der Waals surface area contributed by atoms with Crippen molar-refractivity contribution in [1.29, 1.82) is 0 Å². The monoisotopic (exact) mass is 603 g/mol. The highest BCUT2D eigenvalue weighted by Gasteiger charge is 2.42. The third-order valence-electron chi connectivity index (χ3n) is 8.10. The smallest absolute Gasteiger partial charge is 0.291 e. The number of para-hydroxylation sites is 2. The van der Waals surface area contributed by atoms with E-state index in [-0.39, 0.29) is 27.3 Å². The number of nitrogens with zero attached hydrogens (tertiary/aromatic N) is 4. The summed E-state index contributed by atoms with van der Waals surface area (Å²) in [6, 6.07) is 27.4. The molecule has 1 amide bonds. The maximum atomic E-state index is 13.4. The highest BCUT2D eigenvalue weighted by atomic mass is 32.2. The number of sulfone groups is 1. The van der Waals surface area contributed by atoms with Gasteiger partial charge < -0.3 is 15.3 Å². The number of amidine groups is 1. The van der Waals surface area contributed by atoms with Crippen LogP contribution in [0.3, 0.4) is 0 Å². The number of rotatable bonds is 5. The van der Waals surface area contributed by atoms with Crippen molar-refractivity contribution in [3.05, 3.63) is 119 Å². The molecule has 0 aliphatic carbocycles. The zero-order chi connectivity index (χ0) is 30.7. The van der Waals surface area contributed by atoms with Crippen LogP contribution in [0.2, 0.25) is 0 Å². The molecule has 0 spiro atoms. The number of anilines is 2. The van der Waals surface area contributed by atoms with Crippen LogP contribution >= 0.6 is 0 Å². The van der Waals surface area contributed by atoms with Gasteiger partial charge in [0.15, 0.2) is 5.82 Å². The van der Waals surface area contributed by atoms with Gasteiger partial charge in [0.05, 0.1) is 38.6 Å². The second-order valence-electron chi connectivity index (χ2n) is 11.2. The van der Waals surface area contributed by atoms with Gasteiger partial charge in [-0.3, -0.25) is 4.79 Å². The largest absolute Gasteiger partial charge is 0.508 e. The fourth-order valence-corrected chi connectivity index (χ4v) is 7.13. The second kappa shape index (κ2) is 10.2. The Hall–Kier alpha value is -5.22. The first-order valence-electron chi connectivity index (χ1n) is 14.3. The number of carbonyl (C=O) groups is 1. The lowest BCUT2D eigenvalue weighted by molar-refractivity contribution is -0.110. The highest BCUT2D eigenvalue weighted by molar-refractivity contribution is 7.91. The number of phenolic OH excluding ortho intramolecular Hbond substituents is 1. The minimum Gasteiger partial charge on any atom is -0.508 e. The van der Waals surface area contributed by atoms with Crippen LogP contribution < -0.4 is 10.2 Å². The molecule has 0 saturated heterocycles.